The Kier molecular flexibility index (Phi) is 5.94. The number of hydrogen-bond acceptors (Lipinski definition) is 7. The van der Waals surface area contributed by atoms with E-state index in [1.54, 1.807) is 12.1 Å². The molecule has 130 valence electrons. The smallest absolute Gasteiger partial charge is 0.744 e. The number of benzene rings is 2. The molecule has 0 saturated heterocycles. The number of fused-ring (bicyclic) bond motifs is 2. The van der Waals surface area contributed by atoms with Crippen LogP contribution >= 0.6 is 0 Å². The van der Waals surface area contributed by atoms with Crippen molar-refractivity contribution < 1.29 is 52.1 Å². The van der Waals surface area contributed by atoms with Gasteiger partial charge in [0.2, 0.25) is 0 Å². The molecule has 0 bridgehead atoms. The van der Waals surface area contributed by atoms with Crippen LogP contribution in [-0.2, 0) is 10.1 Å². The number of nitrogen functional groups attached to an aromatic ring is 1. The van der Waals surface area contributed by atoms with Crippen LogP contribution in [0.4, 0.5) is 11.4 Å². The fourth-order valence-electron chi connectivity index (χ4n) is 2.90. The van der Waals surface area contributed by atoms with E-state index in [0.717, 1.165) is 6.07 Å². The van der Waals surface area contributed by atoms with Gasteiger partial charge in [0.15, 0.2) is 11.6 Å². The van der Waals surface area contributed by atoms with Crippen LogP contribution in [0, 0.1) is 0 Å². The molecule has 0 aromatic heterocycles. The molecule has 26 heavy (non-hydrogen) atoms. The minimum Gasteiger partial charge on any atom is -0.744 e. The molecular weight excluding hydrogens is 367 g/mol. The van der Waals surface area contributed by atoms with Gasteiger partial charge >= 0.3 is 29.6 Å². The van der Waals surface area contributed by atoms with Gasteiger partial charge in [-0.2, -0.15) is 0 Å². The Morgan fingerprint density at radius 1 is 1.08 bits per heavy atom. The zero-order valence-corrected chi connectivity index (χ0v) is 17.1. The summed E-state index contributed by atoms with van der Waals surface area (Å²) in [6.07, 6.45) is 0.692. The van der Waals surface area contributed by atoms with Gasteiger partial charge in [-0.05, 0) is 12.5 Å². The van der Waals surface area contributed by atoms with Crippen LogP contribution in [-0.4, -0.2) is 31.1 Å². The SMILES string of the molecule is CCCNc1cc(S(=O)(=O)[O-])c(N)c2c1C(=O)c1ccccc1C2=O.[Na+]. The van der Waals surface area contributed by atoms with Crippen molar-refractivity contribution in [3.05, 3.63) is 52.6 Å². The van der Waals surface area contributed by atoms with E-state index in [9.17, 15) is 22.6 Å². The van der Waals surface area contributed by atoms with E-state index < -0.39 is 32.3 Å². The van der Waals surface area contributed by atoms with Crippen molar-refractivity contribution >= 4 is 33.1 Å². The number of ketones is 2. The van der Waals surface area contributed by atoms with Crippen LogP contribution in [0.2, 0.25) is 0 Å². The van der Waals surface area contributed by atoms with Gasteiger partial charge in [0.1, 0.15) is 10.1 Å². The van der Waals surface area contributed by atoms with E-state index in [-0.39, 0.29) is 57.5 Å². The summed E-state index contributed by atoms with van der Waals surface area (Å²) in [4.78, 5) is 25.0. The number of hydrogen-bond donors (Lipinski definition) is 2. The molecule has 0 spiro atoms. The van der Waals surface area contributed by atoms with E-state index in [0.29, 0.717) is 13.0 Å². The van der Waals surface area contributed by atoms with Crippen molar-refractivity contribution in [2.45, 2.75) is 18.2 Å². The molecule has 9 heteroatoms. The molecule has 0 saturated carbocycles. The van der Waals surface area contributed by atoms with Crippen molar-refractivity contribution in [1.82, 2.24) is 0 Å². The first-order chi connectivity index (χ1) is 11.8. The Labute approximate surface area is 173 Å². The molecule has 2 aromatic carbocycles. The van der Waals surface area contributed by atoms with Gasteiger partial charge in [-0.1, -0.05) is 31.2 Å². The van der Waals surface area contributed by atoms with Gasteiger partial charge in [0.25, 0.3) is 0 Å². The molecule has 7 nitrogen and oxygen atoms in total. The van der Waals surface area contributed by atoms with Crippen LogP contribution < -0.4 is 40.6 Å². The molecule has 3 N–H and O–H groups in total. The summed E-state index contributed by atoms with van der Waals surface area (Å²) in [6, 6.07) is 7.25. The Morgan fingerprint density at radius 2 is 1.62 bits per heavy atom. The van der Waals surface area contributed by atoms with E-state index in [1.165, 1.54) is 12.1 Å². The number of carbonyl (C=O) groups excluding carboxylic acids is 2. The summed E-state index contributed by atoms with van der Waals surface area (Å²) in [7, 11) is -4.91. The largest absolute Gasteiger partial charge is 1.00 e. The maximum atomic E-state index is 12.9. The van der Waals surface area contributed by atoms with E-state index >= 15 is 0 Å². The molecule has 0 unspecified atom stereocenters. The maximum absolute atomic E-state index is 12.9. The van der Waals surface area contributed by atoms with Gasteiger partial charge in [-0.15, -0.1) is 0 Å². The summed E-state index contributed by atoms with van der Waals surface area (Å²) >= 11 is 0. The van der Waals surface area contributed by atoms with Crippen LogP contribution in [0.5, 0.6) is 0 Å². The summed E-state index contributed by atoms with van der Waals surface area (Å²) in [5.41, 5.74) is 5.57. The summed E-state index contributed by atoms with van der Waals surface area (Å²) in [5.74, 6) is -1.02. The van der Waals surface area contributed by atoms with Crippen molar-refractivity contribution in [2.24, 2.45) is 0 Å². The summed E-state index contributed by atoms with van der Waals surface area (Å²) in [6.45, 7) is 2.31. The topological polar surface area (TPSA) is 129 Å². The number of nitrogens with one attached hydrogen (secondary N) is 1. The average molecular weight is 382 g/mol. The molecule has 0 fully saturated rings. The molecule has 3 rings (SSSR count). The third-order valence-corrected chi connectivity index (χ3v) is 4.91. The van der Waals surface area contributed by atoms with Gasteiger partial charge in [-0.25, -0.2) is 8.42 Å². The van der Waals surface area contributed by atoms with Gasteiger partial charge in [0.05, 0.1) is 21.7 Å². The maximum Gasteiger partial charge on any atom is 1.00 e. The van der Waals surface area contributed by atoms with Crippen LogP contribution in [0.1, 0.15) is 45.2 Å². The number of nitrogens with two attached hydrogens (primary N) is 1. The third-order valence-electron chi connectivity index (χ3n) is 4.03. The number of rotatable bonds is 4. The quantitative estimate of drug-likeness (QED) is 0.328. The van der Waals surface area contributed by atoms with Gasteiger partial charge < -0.3 is 15.6 Å². The van der Waals surface area contributed by atoms with Crippen LogP contribution in [0.25, 0.3) is 0 Å². The van der Waals surface area contributed by atoms with Crippen LogP contribution in [0.3, 0.4) is 0 Å². The first-order valence-corrected chi connectivity index (χ1v) is 9.02. The molecule has 0 atom stereocenters. The summed E-state index contributed by atoms with van der Waals surface area (Å²) < 4.78 is 34.6. The monoisotopic (exact) mass is 382 g/mol. The van der Waals surface area contributed by atoms with Gasteiger partial charge in [-0.3, -0.25) is 9.59 Å². The van der Waals surface area contributed by atoms with E-state index in [1.807, 2.05) is 6.92 Å². The molecule has 1 aliphatic carbocycles. The molecule has 0 radical (unpaired) electrons. The fraction of sp³-hybridized carbons (Fsp3) is 0.176. The molecule has 0 heterocycles. The average Bonchev–Trinajstić information content (AvgIpc) is 2.57. The van der Waals surface area contributed by atoms with Crippen molar-refractivity contribution in [2.75, 3.05) is 17.6 Å². The Morgan fingerprint density at radius 3 is 2.12 bits per heavy atom. The second-order valence-electron chi connectivity index (χ2n) is 5.67. The Hall–Kier alpha value is -1.71. The van der Waals surface area contributed by atoms with Crippen molar-refractivity contribution in [3.8, 4) is 0 Å². The number of carbonyl (C=O) groups is 2. The second kappa shape index (κ2) is 7.50. The predicted octanol–water partition coefficient (Wildman–Crippen LogP) is -1.23. The molecular formula is C17H15N2NaO5S. The minimum atomic E-state index is -4.91. The fourth-order valence-corrected chi connectivity index (χ4v) is 3.53. The zero-order valence-electron chi connectivity index (χ0n) is 14.3. The second-order valence-corrected chi connectivity index (χ2v) is 7.02. The van der Waals surface area contributed by atoms with Crippen molar-refractivity contribution in [1.29, 1.82) is 0 Å². The first kappa shape index (κ1) is 20.6. The molecule has 1 aliphatic rings. The summed E-state index contributed by atoms with van der Waals surface area (Å²) in [5, 5.41) is 2.91. The van der Waals surface area contributed by atoms with Gasteiger partial charge in [0, 0.05) is 23.4 Å². The van der Waals surface area contributed by atoms with E-state index in [2.05, 4.69) is 5.32 Å². The molecule has 0 aliphatic heterocycles. The van der Waals surface area contributed by atoms with E-state index in [4.69, 9.17) is 5.73 Å². The number of anilines is 2. The predicted molar refractivity (Wildman–Crippen MR) is 90.9 cm³/mol. The Balaban J connectivity index is 0.00000243. The van der Waals surface area contributed by atoms with Crippen molar-refractivity contribution in [3.63, 3.8) is 0 Å². The molecule has 2 aromatic rings. The first-order valence-electron chi connectivity index (χ1n) is 7.62. The van der Waals surface area contributed by atoms with Crippen LogP contribution in [0.15, 0.2) is 35.2 Å². The normalized spacial score (nSPS) is 12.8. The third kappa shape index (κ3) is 3.30. The Bertz CT molecular complexity index is 1020. The zero-order chi connectivity index (χ0) is 18.4. The molecule has 0 amide bonds. The minimum absolute atomic E-state index is 0. The standard InChI is InChI=1S/C17H16N2O5S.Na/c1-2-7-19-11-8-12(25(22,23)24)15(18)14-13(11)16(20)9-5-3-4-6-10(9)17(14)21;/h3-6,8,19H,2,7,18H2,1H3,(H,22,23,24);/q;+1/p-1.